The van der Waals surface area contributed by atoms with E-state index in [1.165, 1.54) is 0 Å². The fourth-order valence-corrected chi connectivity index (χ4v) is 1.62. The molecule has 0 fully saturated rings. The van der Waals surface area contributed by atoms with E-state index in [-0.39, 0.29) is 0 Å². The van der Waals surface area contributed by atoms with Crippen LogP contribution in [-0.4, -0.2) is 9.97 Å². The van der Waals surface area contributed by atoms with Gasteiger partial charge in [0, 0.05) is 29.4 Å². The molecule has 2 rings (SSSR count). The van der Waals surface area contributed by atoms with Crippen LogP contribution in [0.2, 0.25) is 0 Å². The Morgan fingerprint density at radius 2 is 2.17 bits per heavy atom. The molecule has 60 valence electrons. The van der Waals surface area contributed by atoms with Crippen LogP contribution in [0, 0.1) is 3.57 Å². The summed E-state index contributed by atoms with van der Waals surface area (Å²) in [7, 11) is 0. The number of aromatic nitrogens is 2. The number of nitrogens with zero attached hydrogens (tertiary/aromatic N) is 2. The lowest BCUT2D eigenvalue weighted by Gasteiger charge is -2.00. The third kappa shape index (κ3) is 1.12. The molecule has 4 heteroatoms. The summed E-state index contributed by atoms with van der Waals surface area (Å²) in [6.45, 7) is 0. The van der Waals surface area contributed by atoms with Gasteiger partial charge in [-0.3, -0.25) is 4.98 Å². The first-order valence-corrected chi connectivity index (χ1v) is 4.50. The Bertz CT molecular complexity index is 428. The van der Waals surface area contributed by atoms with Crippen LogP contribution in [0.4, 0.5) is 5.82 Å². The van der Waals surface area contributed by atoms with Gasteiger partial charge < -0.3 is 5.73 Å². The van der Waals surface area contributed by atoms with Gasteiger partial charge in [-0.15, -0.1) is 0 Å². The Hall–Kier alpha value is -0.910. The zero-order valence-corrected chi connectivity index (χ0v) is 8.32. The monoisotopic (exact) mass is 271 g/mol. The number of hydrogen-bond acceptors (Lipinski definition) is 3. The number of nitrogens with two attached hydrogens (primary N) is 1. The third-order valence-corrected chi connectivity index (χ3v) is 2.79. The second kappa shape index (κ2) is 2.85. The van der Waals surface area contributed by atoms with Gasteiger partial charge in [0.25, 0.3) is 0 Å². The molecule has 0 saturated carbocycles. The number of halogens is 1. The summed E-state index contributed by atoms with van der Waals surface area (Å²) >= 11 is 2.18. The smallest absolute Gasteiger partial charge is 0.137 e. The highest BCUT2D eigenvalue weighted by molar-refractivity contribution is 14.1. The first kappa shape index (κ1) is 7.72. The predicted octanol–water partition coefficient (Wildman–Crippen LogP) is 1.82. The maximum absolute atomic E-state index is 5.64. The molecule has 2 aromatic rings. The maximum atomic E-state index is 5.64. The van der Waals surface area contributed by atoms with E-state index in [2.05, 4.69) is 32.6 Å². The molecule has 2 N–H and O–H groups in total. The molecule has 2 heterocycles. The molecule has 0 saturated heterocycles. The lowest BCUT2D eigenvalue weighted by molar-refractivity contribution is 1.31. The molecule has 0 aliphatic heterocycles. The van der Waals surface area contributed by atoms with Crippen molar-refractivity contribution in [3.05, 3.63) is 28.2 Å². The van der Waals surface area contributed by atoms with Crippen LogP contribution in [0.15, 0.2) is 24.7 Å². The van der Waals surface area contributed by atoms with Crippen molar-refractivity contribution in [2.75, 3.05) is 5.73 Å². The topological polar surface area (TPSA) is 51.8 Å². The summed E-state index contributed by atoms with van der Waals surface area (Å²) in [5, 5.41) is 2.13. The summed E-state index contributed by atoms with van der Waals surface area (Å²) < 4.78 is 0.971. The number of fused-ring (bicyclic) bond motifs is 1. The van der Waals surface area contributed by atoms with E-state index in [1.54, 1.807) is 18.6 Å². The summed E-state index contributed by atoms with van der Waals surface area (Å²) in [6.07, 6.45) is 5.31. The summed E-state index contributed by atoms with van der Waals surface area (Å²) in [4.78, 5) is 8.08. The largest absolute Gasteiger partial charge is 0.383 e. The first-order chi connectivity index (χ1) is 5.79. The van der Waals surface area contributed by atoms with Crippen molar-refractivity contribution in [3.8, 4) is 0 Å². The minimum atomic E-state index is 0.566. The normalized spacial score (nSPS) is 10.4. The highest BCUT2D eigenvalue weighted by Crippen LogP contribution is 2.22. The maximum Gasteiger partial charge on any atom is 0.137 e. The van der Waals surface area contributed by atoms with Crippen LogP contribution in [-0.2, 0) is 0 Å². The highest BCUT2D eigenvalue weighted by atomic mass is 127. The van der Waals surface area contributed by atoms with Gasteiger partial charge in [0.15, 0.2) is 0 Å². The Morgan fingerprint density at radius 1 is 1.33 bits per heavy atom. The van der Waals surface area contributed by atoms with Gasteiger partial charge >= 0.3 is 0 Å². The standard InChI is InChI=1S/C8H6IN3/c9-7-6-4-11-2-1-5(6)3-12-8(7)10/h1-4H,(H2,10,12). The van der Waals surface area contributed by atoms with E-state index in [0.717, 1.165) is 14.3 Å². The van der Waals surface area contributed by atoms with Crippen LogP contribution in [0.5, 0.6) is 0 Å². The number of anilines is 1. The van der Waals surface area contributed by atoms with E-state index < -0.39 is 0 Å². The van der Waals surface area contributed by atoms with Gasteiger partial charge in [-0.2, -0.15) is 0 Å². The minimum Gasteiger partial charge on any atom is -0.383 e. The second-order valence-electron chi connectivity index (χ2n) is 2.42. The van der Waals surface area contributed by atoms with E-state index in [9.17, 15) is 0 Å². The fraction of sp³-hybridized carbons (Fsp3) is 0. The molecule has 2 aromatic heterocycles. The lowest BCUT2D eigenvalue weighted by atomic mass is 10.2. The molecule has 12 heavy (non-hydrogen) atoms. The summed E-state index contributed by atoms with van der Waals surface area (Å²) in [5.74, 6) is 0.566. The molecule has 0 aliphatic rings. The molecule has 0 amide bonds. The van der Waals surface area contributed by atoms with Crippen LogP contribution in [0.25, 0.3) is 10.8 Å². The average molecular weight is 271 g/mol. The van der Waals surface area contributed by atoms with Gasteiger partial charge in [0.05, 0.1) is 3.57 Å². The fourth-order valence-electron chi connectivity index (χ4n) is 1.03. The zero-order chi connectivity index (χ0) is 8.55. The van der Waals surface area contributed by atoms with Crippen molar-refractivity contribution >= 4 is 39.2 Å². The zero-order valence-electron chi connectivity index (χ0n) is 6.16. The molecule has 0 atom stereocenters. The first-order valence-electron chi connectivity index (χ1n) is 3.43. The number of hydrogen-bond donors (Lipinski definition) is 1. The molecular formula is C8H6IN3. The molecule has 0 spiro atoms. The Kier molecular flexibility index (Phi) is 1.84. The molecule has 0 aliphatic carbocycles. The van der Waals surface area contributed by atoms with Crippen molar-refractivity contribution in [3.63, 3.8) is 0 Å². The Morgan fingerprint density at radius 3 is 3.00 bits per heavy atom. The number of rotatable bonds is 0. The highest BCUT2D eigenvalue weighted by Gasteiger charge is 2.01. The third-order valence-electron chi connectivity index (χ3n) is 1.66. The van der Waals surface area contributed by atoms with Gasteiger partial charge in [0.2, 0.25) is 0 Å². The SMILES string of the molecule is Nc1ncc2ccncc2c1I. The van der Waals surface area contributed by atoms with Gasteiger partial charge in [-0.05, 0) is 28.7 Å². The average Bonchev–Trinajstić information content (AvgIpc) is 2.12. The van der Waals surface area contributed by atoms with E-state index in [1.807, 2.05) is 6.07 Å². The molecule has 0 radical (unpaired) electrons. The lowest BCUT2D eigenvalue weighted by Crippen LogP contribution is -1.94. The quantitative estimate of drug-likeness (QED) is 0.743. The van der Waals surface area contributed by atoms with Gasteiger partial charge in [-0.25, -0.2) is 4.98 Å². The van der Waals surface area contributed by atoms with Crippen LogP contribution < -0.4 is 5.73 Å². The second-order valence-corrected chi connectivity index (χ2v) is 3.50. The Labute approximate surface area is 83.2 Å². The molecule has 0 unspecified atom stereocenters. The van der Waals surface area contributed by atoms with Crippen LogP contribution in [0.3, 0.4) is 0 Å². The van der Waals surface area contributed by atoms with Gasteiger partial charge in [-0.1, -0.05) is 0 Å². The van der Waals surface area contributed by atoms with E-state index in [0.29, 0.717) is 5.82 Å². The molecular weight excluding hydrogens is 265 g/mol. The van der Waals surface area contributed by atoms with Crippen molar-refractivity contribution in [1.82, 2.24) is 9.97 Å². The molecule has 0 bridgehead atoms. The molecule has 3 nitrogen and oxygen atoms in total. The minimum absolute atomic E-state index is 0.566. The Balaban J connectivity index is 2.91. The van der Waals surface area contributed by atoms with Crippen molar-refractivity contribution in [1.29, 1.82) is 0 Å². The van der Waals surface area contributed by atoms with Crippen LogP contribution in [0.1, 0.15) is 0 Å². The summed E-state index contributed by atoms with van der Waals surface area (Å²) in [5.41, 5.74) is 5.64. The summed E-state index contributed by atoms with van der Waals surface area (Å²) in [6, 6.07) is 1.92. The number of pyridine rings is 2. The predicted molar refractivity (Wildman–Crippen MR) is 56.7 cm³/mol. The van der Waals surface area contributed by atoms with Crippen molar-refractivity contribution in [2.45, 2.75) is 0 Å². The number of nitrogen functional groups attached to an aromatic ring is 1. The van der Waals surface area contributed by atoms with Gasteiger partial charge in [0.1, 0.15) is 5.82 Å². The van der Waals surface area contributed by atoms with Crippen LogP contribution >= 0.6 is 22.6 Å². The molecule has 0 aromatic carbocycles. The van der Waals surface area contributed by atoms with E-state index in [4.69, 9.17) is 5.73 Å². The van der Waals surface area contributed by atoms with Crippen molar-refractivity contribution in [2.24, 2.45) is 0 Å². The van der Waals surface area contributed by atoms with E-state index >= 15 is 0 Å². The van der Waals surface area contributed by atoms with Crippen molar-refractivity contribution < 1.29 is 0 Å².